The molecule has 0 radical (unpaired) electrons. The molecule has 5 nitrogen and oxygen atoms in total. The minimum Gasteiger partial charge on any atom is -0.481 e. The van der Waals surface area contributed by atoms with E-state index in [4.69, 9.17) is 5.11 Å². The molecule has 102 valence electrons. The summed E-state index contributed by atoms with van der Waals surface area (Å²) < 4.78 is 0. The number of carbonyl (C=O) groups is 2. The fourth-order valence-corrected chi connectivity index (χ4v) is 2.21. The van der Waals surface area contributed by atoms with Crippen molar-refractivity contribution in [2.45, 2.75) is 6.42 Å². The van der Waals surface area contributed by atoms with E-state index in [2.05, 4.69) is 0 Å². The van der Waals surface area contributed by atoms with Crippen LogP contribution in [0.5, 0.6) is 0 Å². The predicted molar refractivity (Wildman–Crippen MR) is 72.4 cm³/mol. The van der Waals surface area contributed by atoms with Crippen LogP contribution in [0.3, 0.4) is 0 Å². The zero-order chi connectivity index (χ0) is 14.0. The first-order chi connectivity index (χ1) is 8.97. The van der Waals surface area contributed by atoms with E-state index in [1.54, 1.807) is 11.0 Å². The Balaban J connectivity index is 1.98. The van der Waals surface area contributed by atoms with Crippen molar-refractivity contribution in [3.63, 3.8) is 0 Å². The fourth-order valence-electron chi connectivity index (χ4n) is 2.21. The number of carbonyl (C=O) groups excluding carboxylic acids is 1. The molecule has 1 saturated heterocycles. The van der Waals surface area contributed by atoms with Gasteiger partial charge in [0.15, 0.2) is 0 Å². The maximum atomic E-state index is 12.2. The van der Waals surface area contributed by atoms with Gasteiger partial charge in [0.25, 0.3) is 5.91 Å². The van der Waals surface area contributed by atoms with E-state index >= 15 is 0 Å². The second kappa shape index (κ2) is 5.30. The highest BCUT2D eigenvalue weighted by Crippen LogP contribution is 2.23. The molecule has 0 unspecified atom stereocenters. The summed E-state index contributed by atoms with van der Waals surface area (Å²) in [6, 6.07) is 7.45. The van der Waals surface area contributed by atoms with Crippen LogP contribution >= 0.6 is 0 Å². The van der Waals surface area contributed by atoms with Crippen LogP contribution in [0.2, 0.25) is 0 Å². The highest BCUT2D eigenvalue weighted by atomic mass is 16.4. The van der Waals surface area contributed by atoms with Gasteiger partial charge in [0.2, 0.25) is 0 Å². The Bertz CT molecular complexity index is 493. The van der Waals surface area contributed by atoms with Crippen LogP contribution in [0.25, 0.3) is 0 Å². The van der Waals surface area contributed by atoms with Crippen LogP contribution in [0.15, 0.2) is 24.3 Å². The van der Waals surface area contributed by atoms with Crippen molar-refractivity contribution in [1.82, 2.24) is 4.90 Å². The average Bonchev–Trinajstić information content (AvgIpc) is 2.32. The van der Waals surface area contributed by atoms with E-state index in [0.29, 0.717) is 18.7 Å². The molecule has 2 rings (SSSR count). The molecule has 0 spiro atoms. The number of rotatable bonds is 4. The maximum Gasteiger partial charge on any atom is 0.303 e. The van der Waals surface area contributed by atoms with E-state index in [-0.39, 0.29) is 18.2 Å². The number of likely N-dealkylation sites (tertiary alicyclic amines) is 1. The minimum absolute atomic E-state index is 0.0228. The van der Waals surface area contributed by atoms with Gasteiger partial charge in [-0.05, 0) is 18.2 Å². The normalized spacial score (nSPS) is 14.9. The highest BCUT2D eigenvalue weighted by Gasteiger charge is 2.32. The van der Waals surface area contributed by atoms with Crippen LogP contribution in [-0.2, 0) is 4.79 Å². The molecule has 1 aromatic rings. The van der Waals surface area contributed by atoms with E-state index in [0.717, 1.165) is 5.69 Å². The van der Waals surface area contributed by atoms with Crippen LogP contribution < -0.4 is 4.90 Å². The number of carboxylic acid groups (broad SMARTS) is 1. The lowest BCUT2D eigenvalue weighted by Crippen LogP contribution is -2.50. The molecule has 5 heteroatoms. The average molecular weight is 262 g/mol. The van der Waals surface area contributed by atoms with Gasteiger partial charge in [-0.25, -0.2) is 0 Å². The fraction of sp³-hybridized carbons (Fsp3) is 0.429. The third-order valence-electron chi connectivity index (χ3n) is 3.32. The molecule has 19 heavy (non-hydrogen) atoms. The minimum atomic E-state index is -0.799. The number of amides is 1. The summed E-state index contributed by atoms with van der Waals surface area (Å²) in [4.78, 5) is 26.4. The second-order valence-corrected chi connectivity index (χ2v) is 5.12. The Kier molecular flexibility index (Phi) is 3.74. The van der Waals surface area contributed by atoms with Gasteiger partial charge >= 0.3 is 5.97 Å². The van der Waals surface area contributed by atoms with Gasteiger partial charge in [0, 0.05) is 44.4 Å². The van der Waals surface area contributed by atoms with Gasteiger partial charge in [0.05, 0.1) is 6.42 Å². The Hall–Kier alpha value is -2.04. The van der Waals surface area contributed by atoms with E-state index < -0.39 is 5.97 Å². The molecule has 1 aromatic carbocycles. The summed E-state index contributed by atoms with van der Waals surface area (Å²) in [5.41, 5.74) is 1.63. The van der Waals surface area contributed by atoms with Crippen LogP contribution in [0, 0.1) is 5.92 Å². The summed E-state index contributed by atoms with van der Waals surface area (Å²) in [5.74, 6) is -0.726. The lowest BCUT2D eigenvalue weighted by Gasteiger charge is -2.38. The van der Waals surface area contributed by atoms with Gasteiger partial charge in [-0.2, -0.15) is 0 Å². The smallest absolute Gasteiger partial charge is 0.303 e. The second-order valence-electron chi connectivity index (χ2n) is 5.12. The third kappa shape index (κ3) is 3.05. The number of hydrogen-bond acceptors (Lipinski definition) is 3. The van der Waals surface area contributed by atoms with Gasteiger partial charge in [-0.15, -0.1) is 0 Å². The molecule has 0 aromatic heterocycles. The Morgan fingerprint density at radius 1 is 1.37 bits per heavy atom. The van der Waals surface area contributed by atoms with Crippen molar-refractivity contribution >= 4 is 17.6 Å². The Morgan fingerprint density at radius 2 is 2.05 bits per heavy atom. The molecule has 1 fully saturated rings. The summed E-state index contributed by atoms with van der Waals surface area (Å²) in [5, 5.41) is 8.68. The van der Waals surface area contributed by atoms with Crippen LogP contribution in [-0.4, -0.2) is 49.1 Å². The van der Waals surface area contributed by atoms with Gasteiger partial charge in [-0.1, -0.05) is 6.07 Å². The standard InChI is InChI=1S/C14H18N2O3/c1-15(2)12-5-3-4-11(7-12)14(19)16-8-10(9-16)6-13(17)18/h3-5,7,10H,6,8-9H2,1-2H3,(H,17,18). The lowest BCUT2D eigenvalue weighted by molar-refractivity contribution is -0.139. The van der Waals surface area contributed by atoms with Crippen LogP contribution in [0.4, 0.5) is 5.69 Å². The summed E-state index contributed by atoms with van der Waals surface area (Å²) in [7, 11) is 3.85. The van der Waals surface area contributed by atoms with Gasteiger partial charge < -0.3 is 14.9 Å². The SMILES string of the molecule is CN(C)c1cccc(C(=O)N2CC(CC(=O)O)C2)c1. The number of carboxylic acids is 1. The van der Waals surface area contributed by atoms with E-state index in [1.165, 1.54) is 0 Å². The number of anilines is 1. The number of aliphatic carboxylic acids is 1. The highest BCUT2D eigenvalue weighted by molar-refractivity contribution is 5.95. The molecule has 0 bridgehead atoms. The Labute approximate surface area is 112 Å². The quantitative estimate of drug-likeness (QED) is 0.888. The number of benzene rings is 1. The van der Waals surface area contributed by atoms with Crippen molar-refractivity contribution in [3.8, 4) is 0 Å². The van der Waals surface area contributed by atoms with Crippen molar-refractivity contribution in [1.29, 1.82) is 0 Å². The first kappa shape index (κ1) is 13.4. The molecular formula is C14H18N2O3. The molecule has 1 aliphatic rings. The molecule has 0 aliphatic carbocycles. The molecule has 1 aliphatic heterocycles. The molecule has 1 N–H and O–H groups in total. The predicted octanol–water partition coefficient (Wildman–Crippen LogP) is 1.30. The molecule has 1 amide bonds. The maximum absolute atomic E-state index is 12.2. The van der Waals surface area contributed by atoms with Crippen molar-refractivity contribution in [3.05, 3.63) is 29.8 Å². The first-order valence-electron chi connectivity index (χ1n) is 6.26. The zero-order valence-corrected chi connectivity index (χ0v) is 11.2. The van der Waals surface area contributed by atoms with Crippen molar-refractivity contribution in [2.24, 2.45) is 5.92 Å². The summed E-state index contributed by atoms with van der Waals surface area (Å²) in [6.07, 6.45) is 0.140. The summed E-state index contributed by atoms with van der Waals surface area (Å²) in [6.45, 7) is 1.08. The van der Waals surface area contributed by atoms with Gasteiger partial charge in [0.1, 0.15) is 0 Å². The van der Waals surface area contributed by atoms with Gasteiger partial charge in [-0.3, -0.25) is 9.59 Å². The number of nitrogens with zero attached hydrogens (tertiary/aromatic N) is 2. The van der Waals surface area contributed by atoms with Crippen LogP contribution in [0.1, 0.15) is 16.8 Å². The Morgan fingerprint density at radius 3 is 2.63 bits per heavy atom. The molecule has 0 saturated carbocycles. The molecule has 1 heterocycles. The first-order valence-corrected chi connectivity index (χ1v) is 6.26. The zero-order valence-electron chi connectivity index (χ0n) is 11.2. The largest absolute Gasteiger partial charge is 0.481 e. The molecular weight excluding hydrogens is 244 g/mol. The number of hydrogen-bond donors (Lipinski definition) is 1. The summed E-state index contributed by atoms with van der Waals surface area (Å²) >= 11 is 0. The monoisotopic (exact) mass is 262 g/mol. The van der Waals surface area contributed by atoms with E-state index in [1.807, 2.05) is 37.2 Å². The third-order valence-corrected chi connectivity index (χ3v) is 3.32. The topological polar surface area (TPSA) is 60.9 Å². The molecule has 0 atom stereocenters. The van der Waals surface area contributed by atoms with Crippen molar-refractivity contribution in [2.75, 3.05) is 32.1 Å². The van der Waals surface area contributed by atoms with Crippen molar-refractivity contribution < 1.29 is 14.7 Å². The lowest BCUT2D eigenvalue weighted by atomic mass is 9.95. The van der Waals surface area contributed by atoms with E-state index in [9.17, 15) is 9.59 Å².